The standard InChI is InChI=1S/C10H11IO/c1-8-7-9(3-2-6-12)4-5-10(8)11/h4-7H,2-3H2,1H3. The predicted octanol–water partition coefficient (Wildman–Crippen LogP) is 2.73. The van der Waals surface area contributed by atoms with Crippen LogP contribution in [0.2, 0.25) is 0 Å². The van der Waals surface area contributed by atoms with Gasteiger partial charge in [0.15, 0.2) is 0 Å². The van der Waals surface area contributed by atoms with Gasteiger partial charge in [-0.05, 0) is 53.1 Å². The Balaban J connectivity index is 2.75. The zero-order chi connectivity index (χ0) is 8.97. The smallest absolute Gasteiger partial charge is 0.120 e. The second kappa shape index (κ2) is 4.60. The lowest BCUT2D eigenvalue weighted by Crippen LogP contribution is -1.88. The molecular weight excluding hydrogens is 263 g/mol. The van der Waals surface area contributed by atoms with Crippen LogP contribution < -0.4 is 0 Å². The summed E-state index contributed by atoms with van der Waals surface area (Å²) in [7, 11) is 0. The van der Waals surface area contributed by atoms with Crippen molar-refractivity contribution in [1.29, 1.82) is 0 Å². The maximum Gasteiger partial charge on any atom is 0.120 e. The van der Waals surface area contributed by atoms with Gasteiger partial charge in [-0.3, -0.25) is 0 Å². The quantitative estimate of drug-likeness (QED) is 0.612. The highest BCUT2D eigenvalue weighted by molar-refractivity contribution is 14.1. The molecule has 64 valence electrons. The van der Waals surface area contributed by atoms with E-state index in [1.807, 2.05) is 0 Å². The molecule has 0 radical (unpaired) electrons. The van der Waals surface area contributed by atoms with E-state index < -0.39 is 0 Å². The third-order valence-corrected chi connectivity index (χ3v) is 2.98. The molecule has 0 aliphatic carbocycles. The third kappa shape index (κ3) is 2.59. The molecule has 0 spiro atoms. The molecule has 0 fully saturated rings. The predicted molar refractivity (Wildman–Crippen MR) is 58.3 cm³/mol. The molecule has 0 saturated heterocycles. The molecule has 12 heavy (non-hydrogen) atoms. The van der Waals surface area contributed by atoms with Crippen molar-refractivity contribution in [2.24, 2.45) is 0 Å². The molecule has 0 atom stereocenters. The summed E-state index contributed by atoms with van der Waals surface area (Å²) in [5, 5.41) is 0. The second-order valence-electron chi connectivity index (χ2n) is 2.79. The number of aldehydes is 1. The van der Waals surface area contributed by atoms with Crippen LogP contribution >= 0.6 is 22.6 Å². The van der Waals surface area contributed by atoms with E-state index in [9.17, 15) is 4.79 Å². The summed E-state index contributed by atoms with van der Waals surface area (Å²) in [5.74, 6) is 0. The number of halogens is 1. The summed E-state index contributed by atoms with van der Waals surface area (Å²) >= 11 is 2.31. The average Bonchev–Trinajstić information content (AvgIpc) is 2.07. The summed E-state index contributed by atoms with van der Waals surface area (Å²) < 4.78 is 1.28. The van der Waals surface area contributed by atoms with Crippen LogP contribution in [0.3, 0.4) is 0 Å². The molecule has 1 rings (SSSR count). The Kier molecular flexibility index (Phi) is 3.72. The minimum absolute atomic E-state index is 0.625. The van der Waals surface area contributed by atoms with Crippen LogP contribution in [0.1, 0.15) is 17.5 Å². The second-order valence-corrected chi connectivity index (χ2v) is 3.95. The molecule has 1 nitrogen and oxygen atoms in total. The van der Waals surface area contributed by atoms with Gasteiger partial charge >= 0.3 is 0 Å². The molecule has 0 aliphatic rings. The summed E-state index contributed by atoms with van der Waals surface area (Å²) in [5.41, 5.74) is 2.54. The molecule has 1 aromatic carbocycles. The van der Waals surface area contributed by atoms with Gasteiger partial charge in [0.25, 0.3) is 0 Å². The van der Waals surface area contributed by atoms with E-state index in [0.29, 0.717) is 6.42 Å². The Labute approximate surface area is 86.3 Å². The van der Waals surface area contributed by atoms with E-state index >= 15 is 0 Å². The van der Waals surface area contributed by atoms with Crippen LogP contribution in [0.25, 0.3) is 0 Å². The third-order valence-electron chi connectivity index (χ3n) is 1.77. The van der Waals surface area contributed by atoms with E-state index in [1.54, 1.807) is 0 Å². The molecule has 0 saturated carbocycles. The summed E-state index contributed by atoms with van der Waals surface area (Å²) in [6, 6.07) is 6.32. The van der Waals surface area contributed by atoms with Crippen molar-refractivity contribution in [2.45, 2.75) is 19.8 Å². The van der Waals surface area contributed by atoms with Gasteiger partial charge in [0.1, 0.15) is 6.29 Å². The van der Waals surface area contributed by atoms with Crippen LogP contribution in [0, 0.1) is 10.5 Å². The van der Waals surface area contributed by atoms with Crippen molar-refractivity contribution in [3.8, 4) is 0 Å². The van der Waals surface area contributed by atoms with E-state index in [1.165, 1.54) is 14.7 Å². The lowest BCUT2D eigenvalue weighted by molar-refractivity contribution is -0.107. The minimum atomic E-state index is 0.625. The fourth-order valence-electron chi connectivity index (χ4n) is 1.09. The Morgan fingerprint density at radius 1 is 1.50 bits per heavy atom. The van der Waals surface area contributed by atoms with Crippen LogP contribution in [0.4, 0.5) is 0 Å². The molecule has 0 aromatic heterocycles. The van der Waals surface area contributed by atoms with E-state index in [2.05, 4.69) is 47.7 Å². The monoisotopic (exact) mass is 274 g/mol. The van der Waals surface area contributed by atoms with Gasteiger partial charge in [-0.15, -0.1) is 0 Å². The molecule has 0 amide bonds. The average molecular weight is 274 g/mol. The highest BCUT2D eigenvalue weighted by atomic mass is 127. The topological polar surface area (TPSA) is 17.1 Å². The number of carbonyl (C=O) groups is 1. The molecule has 0 unspecified atom stereocenters. The largest absolute Gasteiger partial charge is 0.303 e. The Bertz CT molecular complexity index is 281. The van der Waals surface area contributed by atoms with Crippen LogP contribution in [0.15, 0.2) is 18.2 Å². The van der Waals surface area contributed by atoms with Crippen molar-refractivity contribution in [3.05, 3.63) is 32.9 Å². The molecule has 0 bridgehead atoms. The fraction of sp³-hybridized carbons (Fsp3) is 0.300. The first-order valence-corrected chi connectivity index (χ1v) is 5.00. The van der Waals surface area contributed by atoms with Gasteiger partial charge in [0, 0.05) is 9.99 Å². The summed E-state index contributed by atoms with van der Waals surface area (Å²) in [4.78, 5) is 10.1. The number of hydrogen-bond acceptors (Lipinski definition) is 1. The molecule has 2 heteroatoms. The Hall–Kier alpha value is -0.380. The number of hydrogen-bond donors (Lipinski definition) is 0. The number of rotatable bonds is 3. The van der Waals surface area contributed by atoms with Crippen molar-refractivity contribution in [2.75, 3.05) is 0 Å². The lowest BCUT2D eigenvalue weighted by atomic mass is 10.1. The highest BCUT2D eigenvalue weighted by Gasteiger charge is 1.96. The van der Waals surface area contributed by atoms with Gasteiger partial charge in [-0.25, -0.2) is 0 Å². The first-order valence-electron chi connectivity index (χ1n) is 3.92. The zero-order valence-corrected chi connectivity index (χ0v) is 9.17. The van der Waals surface area contributed by atoms with E-state index in [4.69, 9.17) is 0 Å². The van der Waals surface area contributed by atoms with E-state index in [-0.39, 0.29) is 0 Å². The van der Waals surface area contributed by atoms with Crippen molar-refractivity contribution >= 4 is 28.9 Å². The first-order chi connectivity index (χ1) is 5.74. The minimum Gasteiger partial charge on any atom is -0.303 e. The Morgan fingerprint density at radius 2 is 2.25 bits per heavy atom. The first kappa shape index (κ1) is 9.71. The number of benzene rings is 1. The van der Waals surface area contributed by atoms with Gasteiger partial charge in [-0.1, -0.05) is 12.1 Å². The van der Waals surface area contributed by atoms with Crippen LogP contribution in [-0.4, -0.2) is 6.29 Å². The molecule has 0 aliphatic heterocycles. The summed E-state index contributed by atoms with van der Waals surface area (Å²) in [6.45, 7) is 2.09. The SMILES string of the molecule is Cc1cc(CCC=O)ccc1I. The van der Waals surface area contributed by atoms with Crippen molar-refractivity contribution in [3.63, 3.8) is 0 Å². The zero-order valence-electron chi connectivity index (χ0n) is 7.01. The molecular formula is C10H11IO. The van der Waals surface area contributed by atoms with Gasteiger partial charge in [0.2, 0.25) is 0 Å². The van der Waals surface area contributed by atoms with Crippen LogP contribution in [-0.2, 0) is 11.2 Å². The van der Waals surface area contributed by atoms with E-state index in [0.717, 1.165) is 12.7 Å². The van der Waals surface area contributed by atoms with Gasteiger partial charge < -0.3 is 4.79 Å². The van der Waals surface area contributed by atoms with Gasteiger partial charge in [-0.2, -0.15) is 0 Å². The maximum atomic E-state index is 10.1. The molecule has 1 aromatic rings. The van der Waals surface area contributed by atoms with Gasteiger partial charge in [0.05, 0.1) is 0 Å². The number of carbonyl (C=O) groups excluding carboxylic acids is 1. The number of aryl methyl sites for hydroxylation is 2. The van der Waals surface area contributed by atoms with Crippen molar-refractivity contribution < 1.29 is 4.79 Å². The molecule has 0 heterocycles. The lowest BCUT2D eigenvalue weighted by Gasteiger charge is -2.01. The summed E-state index contributed by atoms with van der Waals surface area (Å²) in [6.07, 6.45) is 2.45. The maximum absolute atomic E-state index is 10.1. The molecule has 0 N–H and O–H groups in total. The fourth-order valence-corrected chi connectivity index (χ4v) is 1.42. The van der Waals surface area contributed by atoms with Crippen molar-refractivity contribution in [1.82, 2.24) is 0 Å². The Morgan fingerprint density at radius 3 is 2.83 bits per heavy atom. The van der Waals surface area contributed by atoms with Crippen LogP contribution in [0.5, 0.6) is 0 Å². The highest BCUT2D eigenvalue weighted by Crippen LogP contribution is 2.13. The normalized spacial score (nSPS) is 9.83.